The highest BCUT2D eigenvalue weighted by atomic mass is 32.1. The standard InChI is InChI=1S/C30H26N6O3S/c37-25-10-13-35(30(39)33-25)36-16-22-14-19(6-7-23(22)29(36)38)15-34-11-8-21(9-12-34)27-26-24(20-4-2-1-3-5-20)17-40-28(26)32-18-31-27/h1-8,14,17-18H,9-13,15-16H2,(H,33,37,39). The van der Waals surface area contributed by atoms with E-state index in [4.69, 9.17) is 4.98 Å². The van der Waals surface area contributed by atoms with Crippen LogP contribution < -0.4 is 5.32 Å². The average molecular weight is 551 g/mol. The van der Waals surface area contributed by atoms with Crippen molar-refractivity contribution >= 4 is 45.0 Å². The lowest BCUT2D eigenvalue weighted by Crippen LogP contribution is -2.56. The van der Waals surface area contributed by atoms with Gasteiger partial charge in [0.2, 0.25) is 5.91 Å². The predicted octanol–water partition coefficient (Wildman–Crippen LogP) is 4.46. The molecule has 0 radical (unpaired) electrons. The van der Waals surface area contributed by atoms with Crippen molar-refractivity contribution in [3.63, 3.8) is 0 Å². The Morgan fingerprint density at radius 1 is 0.925 bits per heavy atom. The zero-order chi connectivity index (χ0) is 27.2. The minimum atomic E-state index is -0.548. The van der Waals surface area contributed by atoms with Crippen molar-refractivity contribution < 1.29 is 14.4 Å². The maximum Gasteiger partial charge on any atom is 0.342 e. The molecule has 3 aliphatic rings. The van der Waals surface area contributed by atoms with E-state index < -0.39 is 6.03 Å². The summed E-state index contributed by atoms with van der Waals surface area (Å²) in [6, 6.07) is 15.7. The second kappa shape index (κ2) is 9.96. The molecule has 2 aromatic heterocycles. The molecule has 0 spiro atoms. The van der Waals surface area contributed by atoms with Gasteiger partial charge in [0.15, 0.2) is 0 Å². The molecule has 2 aromatic carbocycles. The third-order valence-electron chi connectivity index (χ3n) is 7.74. The molecular weight excluding hydrogens is 524 g/mol. The molecule has 7 rings (SSSR count). The molecule has 1 saturated heterocycles. The largest absolute Gasteiger partial charge is 0.342 e. The number of carbonyl (C=O) groups is 3. The van der Waals surface area contributed by atoms with Gasteiger partial charge in [0, 0.05) is 47.9 Å². The summed E-state index contributed by atoms with van der Waals surface area (Å²) in [7, 11) is 0. The summed E-state index contributed by atoms with van der Waals surface area (Å²) in [6.45, 7) is 2.98. The molecule has 0 bridgehead atoms. The van der Waals surface area contributed by atoms with Crippen LogP contribution in [0.1, 0.15) is 40.0 Å². The van der Waals surface area contributed by atoms with Crippen molar-refractivity contribution in [3.05, 3.63) is 88.7 Å². The van der Waals surface area contributed by atoms with Crippen molar-refractivity contribution in [2.45, 2.75) is 25.9 Å². The predicted molar refractivity (Wildman–Crippen MR) is 152 cm³/mol. The van der Waals surface area contributed by atoms with Crippen molar-refractivity contribution in [1.82, 2.24) is 30.2 Å². The molecule has 0 atom stereocenters. The van der Waals surface area contributed by atoms with Crippen LogP contribution in [-0.4, -0.2) is 62.4 Å². The molecule has 4 aromatic rings. The lowest BCUT2D eigenvalue weighted by Gasteiger charge is -2.33. The third-order valence-corrected chi connectivity index (χ3v) is 8.62. The van der Waals surface area contributed by atoms with Gasteiger partial charge in [-0.25, -0.2) is 24.8 Å². The fraction of sp³-hybridized carbons (Fsp3) is 0.233. The summed E-state index contributed by atoms with van der Waals surface area (Å²) in [6.07, 6.45) is 5.00. The highest BCUT2D eigenvalue weighted by Crippen LogP contribution is 2.38. The lowest BCUT2D eigenvalue weighted by atomic mass is 9.97. The fourth-order valence-electron chi connectivity index (χ4n) is 5.71. The molecule has 4 amide bonds. The van der Waals surface area contributed by atoms with E-state index in [0.717, 1.165) is 53.1 Å². The number of hydrogen-bond donors (Lipinski definition) is 1. The molecule has 1 fully saturated rings. The first-order chi connectivity index (χ1) is 19.5. The minimum Gasteiger partial charge on any atom is -0.295 e. The molecule has 0 saturated carbocycles. The molecule has 9 nitrogen and oxygen atoms in total. The van der Waals surface area contributed by atoms with E-state index in [0.29, 0.717) is 12.1 Å². The number of hydrazine groups is 1. The van der Waals surface area contributed by atoms with E-state index in [1.165, 1.54) is 26.7 Å². The Morgan fingerprint density at radius 3 is 2.60 bits per heavy atom. The van der Waals surface area contributed by atoms with Gasteiger partial charge in [-0.2, -0.15) is 0 Å². The van der Waals surface area contributed by atoms with Crippen LogP contribution in [0.2, 0.25) is 0 Å². The normalized spacial score (nSPS) is 17.8. The number of thiophene rings is 1. The molecular formula is C30H26N6O3S. The Morgan fingerprint density at radius 2 is 1.80 bits per heavy atom. The van der Waals surface area contributed by atoms with Gasteiger partial charge in [-0.1, -0.05) is 48.5 Å². The summed E-state index contributed by atoms with van der Waals surface area (Å²) in [5.74, 6) is -0.529. The summed E-state index contributed by atoms with van der Waals surface area (Å²) < 4.78 is 0. The van der Waals surface area contributed by atoms with Crippen molar-refractivity contribution in [1.29, 1.82) is 0 Å². The molecule has 40 heavy (non-hydrogen) atoms. The van der Waals surface area contributed by atoms with Crippen molar-refractivity contribution in [2.24, 2.45) is 0 Å². The van der Waals surface area contributed by atoms with Gasteiger partial charge in [0.05, 0.1) is 18.8 Å². The monoisotopic (exact) mass is 550 g/mol. The zero-order valence-electron chi connectivity index (χ0n) is 21.7. The Balaban J connectivity index is 1.07. The van der Waals surface area contributed by atoms with E-state index >= 15 is 0 Å². The first kappa shape index (κ1) is 24.6. The quantitative estimate of drug-likeness (QED) is 0.394. The smallest absolute Gasteiger partial charge is 0.295 e. The Labute approximate surface area is 234 Å². The maximum atomic E-state index is 13.0. The van der Waals surface area contributed by atoms with Crippen LogP contribution in [0.4, 0.5) is 4.79 Å². The minimum absolute atomic E-state index is 0.183. The number of hydrogen-bond acceptors (Lipinski definition) is 7. The Kier molecular flexibility index (Phi) is 6.13. The van der Waals surface area contributed by atoms with Crippen LogP contribution in [0.5, 0.6) is 0 Å². The molecule has 200 valence electrons. The number of amides is 4. The number of aromatic nitrogens is 2. The van der Waals surface area contributed by atoms with Gasteiger partial charge >= 0.3 is 6.03 Å². The van der Waals surface area contributed by atoms with Gasteiger partial charge in [-0.05, 0) is 34.8 Å². The van der Waals surface area contributed by atoms with Gasteiger partial charge in [-0.3, -0.25) is 19.8 Å². The number of imide groups is 1. The second-order valence-electron chi connectivity index (χ2n) is 10.2. The first-order valence-corrected chi connectivity index (χ1v) is 14.2. The number of nitrogens with one attached hydrogen (secondary N) is 1. The Hall–Kier alpha value is -4.41. The highest BCUT2D eigenvalue weighted by Gasteiger charge is 2.37. The van der Waals surface area contributed by atoms with Gasteiger partial charge in [0.25, 0.3) is 5.91 Å². The highest BCUT2D eigenvalue weighted by molar-refractivity contribution is 7.17. The van der Waals surface area contributed by atoms with Gasteiger partial charge in [-0.15, -0.1) is 11.3 Å². The molecule has 5 heterocycles. The fourth-order valence-corrected chi connectivity index (χ4v) is 6.63. The number of fused-ring (bicyclic) bond motifs is 2. The van der Waals surface area contributed by atoms with Crippen LogP contribution in [0.15, 0.2) is 66.3 Å². The number of benzene rings is 2. The molecule has 3 aliphatic heterocycles. The van der Waals surface area contributed by atoms with E-state index in [9.17, 15) is 14.4 Å². The molecule has 0 unspecified atom stereocenters. The molecule has 10 heteroatoms. The van der Waals surface area contributed by atoms with E-state index in [2.05, 4.69) is 57.0 Å². The van der Waals surface area contributed by atoms with E-state index in [1.807, 2.05) is 18.2 Å². The first-order valence-electron chi connectivity index (χ1n) is 13.3. The Bertz CT molecular complexity index is 1700. The number of rotatable bonds is 5. The SMILES string of the molecule is O=C1CCN(N2Cc3cc(CN4CC=C(c5ncnc6scc(-c7ccccc7)c56)CC4)ccc3C2=O)C(=O)N1. The summed E-state index contributed by atoms with van der Waals surface area (Å²) in [5.41, 5.74) is 7.23. The number of nitrogens with zero attached hydrogens (tertiary/aromatic N) is 5. The van der Waals surface area contributed by atoms with Crippen molar-refractivity contribution in [3.8, 4) is 11.1 Å². The van der Waals surface area contributed by atoms with Crippen LogP contribution >= 0.6 is 11.3 Å². The van der Waals surface area contributed by atoms with Gasteiger partial charge < -0.3 is 0 Å². The van der Waals surface area contributed by atoms with Crippen LogP contribution in [0.3, 0.4) is 0 Å². The van der Waals surface area contributed by atoms with E-state index in [-0.39, 0.29) is 24.8 Å². The third kappa shape index (κ3) is 4.35. The maximum absolute atomic E-state index is 13.0. The van der Waals surface area contributed by atoms with Crippen molar-refractivity contribution in [2.75, 3.05) is 19.6 Å². The van der Waals surface area contributed by atoms with E-state index in [1.54, 1.807) is 17.7 Å². The summed E-state index contributed by atoms with van der Waals surface area (Å²) in [5, 5.41) is 8.35. The topological polar surface area (TPSA) is 98.7 Å². The zero-order valence-corrected chi connectivity index (χ0v) is 22.5. The van der Waals surface area contributed by atoms with Crippen LogP contribution in [-0.2, 0) is 17.9 Å². The molecule has 0 aliphatic carbocycles. The lowest BCUT2D eigenvalue weighted by molar-refractivity contribution is -0.123. The van der Waals surface area contributed by atoms with Crippen LogP contribution in [0.25, 0.3) is 26.9 Å². The molecule has 1 N–H and O–H groups in total. The number of urea groups is 1. The number of carbonyl (C=O) groups excluding carboxylic acids is 3. The summed E-state index contributed by atoms with van der Waals surface area (Å²) >= 11 is 1.65. The second-order valence-corrected chi connectivity index (χ2v) is 11.1. The summed E-state index contributed by atoms with van der Waals surface area (Å²) in [4.78, 5) is 49.4. The van der Waals surface area contributed by atoms with Crippen LogP contribution in [0, 0.1) is 0 Å². The van der Waals surface area contributed by atoms with Gasteiger partial charge in [0.1, 0.15) is 11.2 Å². The average Bonchev–Trinajstić information content (AvgIpc) is 3.55.